The number of fused-ring (bicyclic) bond motifs is 1. The van der Waals surface area contributed by atoms with E-state index in [-0.39, 0.29) is 11.2 Å². The maximum Gasteiger partial charge on any atom is 0.332 e. The Bertz CT molecular complexity index is 1620. The van der Waals surface area contributed by atoms with Crippen molar-refractivity contribution >= 4 is 34.5 Å². The van der Waals surface area contributed by atoms with E-state index in [0.717, 1.165) is 17.1 Å². The Labute approximate surface area is 209 Å². The third-order valence-electron chi connectivity index (χ3n) is 5.71. The van der Waals surface area contributed by atoms with Crippen LogP contribution in [-0.2, 0) is 20.6 Å². The molecular formula is C24H22ClN7O2S. The summed E-state index contributed by atoms with van der Waals surface area (Å²) in [5.41, 5.74) is 1.94. The van der Waals surface area contributed by atoms with Crippen molar-refractivity contribution in [2.75, 3.05) is 5.75 Å². The molecule has 0 unspecified atom stereocenters. The average Bonchev–Trinajstić information content (AvgIpc) is 3.47. The number of aromatic nitrogens is 7. The highest BCUT2D eigenvalue weighted by atomic mass is 35.5. The topological polar surface area (TPSA) is 92.5 Å². The van der Waals surface area contributed by atoms with E-state index in [9.17, 15) is 9.59 Å². The van der Waals surface area contributed by atoms with Crippen LogP contribution in [0.4, 0.5) is 0 Å². The van der Waals surface area contributed by atoms with Gasteiger partial charge in [-0.2, -0.15) is 0 Å². The zero-order valence-electron chi connectivity index (χ0n) is 19.1. The number of halogens is 1. The second kappa shape index (κ2) is 9.55. The van der Waals surface area contributed by atoms with Crippen molar-refractivity contribution in [1.82, 2.24) is 33.4 Å². The van der Waals surface area contributed by atoms with Crippen LogP contribution < -0.4 is 11.2 Å². The molecule has 0 radical (unpaired) electrons. The molecule has 0 atom stereocenters. The summed E-state index contributed by atoms with van der Waals surface area (Å²) in [5, 5.41) is 10.2. The molecular weight excluding hydrogens is 486 g/mol. The molecule has 0 bridgehead atoms. The Kier molecular flexibility index (Phi) is 6.31. The minimum atomic E-state index is -0.373. The zero-order chi connectivity index (χ0) is 24.5. The summed E-state index contributed by atoms with van der Waals surface area (Å²) in [6, 6.07) is 17.4. The van der Waals surface area contributed by atoms with E-state index in [4.69, 9.17) is 11.6 Å². The number of hydrogen-bond acceptors (Lipinski definition) is 6. The highest BCUT2D eigenvalue weighted by Gasteiger charge is 2.17. The molecule has 35 heavy (non-hydrogen) atoms. The summed E-state index contributed by atoms with van der Waals surface area (Å²) in [7, 11) is 3.37. The van der Waals surface area contributed by atoms with Gasteiger partial charge < -0.3 is 4.57 Å². The number of hydrogen-bond donors (Lipinski definition) is 0. The van der Waals surface area contributed by atoms with Crippen LogP contribution >= 0.6 is 23.4 Å². The molecule has 2 aromatic carbocycles. The standard InChI is InChI=1S/C24H22ClN7O2S/c1-29-15-26-21-19(29)22(33)31(24(34)30(21)2)13-6-14-35-23-28-27-20(16-7-4-3-5-8-16)32(23)18-11-9-17(25)10-12-18/h3-5,7-12,15H,6,13-14H2,1-2H3. The summed E-state index contributed by atoms with van der Waals surface area (Å²) in [6.07, 6.45) is 2.14. The first-order chi connectivity index (χ1) is 17.0. The molecule has 5 aromatic rings. The first-order valence-electron chi connectivity index (χ1n) is 11.0. The molecule has 3 aromatic heterocycles. The van der Waals surface area contributed by atoms with Crippen LogP contribution in [-0.4, -0.2) is 39.2 Å². The van der Waals surface area contributed by atoms with Crippen LogP contribution in [0.25, 0.3) is 28.2 Å². The largest absolute Gasteiger partial charge is 0.332 e. The first-order valence-corrected chi connectivity index (χ1v) is 12.3. The van der Waals surface area contributed by atoms with Gasteiger partial charge in [-0.25, -0.2) is 9.78 Å². The molecule has 0 spiro atoms. The fourth-order valence-electron chi connectivity index (χ4n) is 3.94. The summed E-state index contributed by atoms with van der Waals surface area (Å²) in [6.45, 7) is 0.292. The summed E-state index contributed by atoms with van der Waals surface area (Å²) in [5.74, 6) is 1.36. The lowest BCUT2D eigenvalue weighted by atomic mass is 10.2. The SMILES string of the molecule is Cn1cnc2c1c(=O)n(CCCSc1nnc(-c3ccccc3)n1-c1ccc(Cl)cc1)c(=O)n2C. The fourth-order valence-corrected chi connectivity index (χ4v) is 4.94. The molecule has 0 amide bonds. The average molecular weight is 508 g/mol. The number of aryl methyl sites for hydroxylation is 2. The zero-order valence-corrected chi connectivity index (χ0v) is 20.7. The van der Waals surface area contributed by atoms with Crippen molar-refractivity contribution in [3.8, 4) is 17.1 Å². The van der Waals surface area contributed by atoms with Crippen molar-refractivity contribution in [2.45, 2.75) is 18.1 Å². The Morgan fingerprint density at radius 3 is 2.46 bits per heavy atom. The predicted octanol–water partition coefficient (Wildman–Crippen LogP) is 3.52. The molecule has 0 aliphatic carbocycles. The number of benzene rings is 2. The first kappa shape index (κ1) is 23.1. The van der Waals surface area contributed by atoms with E-state index in [1.165, 1.54) is 20.9 Å². The second-order valence-corrected chi connectivity index (χ2v) is 9.51. The monoisotopic (exact) mass is 507 g/mol. The Hall–Kier alpha value is -3.63. The third kappa shape index (κ3) is 4.30. The summed E-state index contributed by atoms with van der Waals surface area (Å²) >= 11 is 7.62. The summed E-state index contributed by atoms with van der Waals surface area (Å²) in [4.78, 5) is 29.8. The van der Waals surface area contributed by atoms with Crippen LogP contribution in [0.2, 0.25) is 5.02 Å². The Morgan fingerprint density at radius 2 is 1.71 bits per heavy atom. The van der Waals surface area contributed by atoms with Gasteiger partial charge in [0, 0.05) is 42.7 Å². The number of nitrogens with zero attached hydrogens (tertiary/aromatic N) is 7. The maximum absolute atomic E-state index is 12.9. The molecule has 0 fully saturated rings. The van der Waals surface area contributed by atoms with Crippen LogP contribution in [0.3, 0.4) is 0 Å². The normalized spacial score (nSPS) is 11.4. The van der Waals surface area contributed by atoms with Gasteiger partial charge in [0.15, 0.2) is 22.1 Å². The number of rotatable bonds is 7. The van der Waals surface area contributed by atoms with Gasteiger partial charge in [0.1, 0.15) is 0 Å². The molecule has 178 valence electrons. The van der Waals surface area contributed by atoms with Gasteiger partial charge in [0.05, 0.1) is 6.33 Å². The van der Waals surface area contributed by atoms with Gasteiger partial charge in [-0.1, -0.05) is 53.7 Å². The van der Waals surface area contributed by atoms with E-state index in [0.29, 0.717) is 40.1 Å². The fraction of sp³-hybridized carbons (Fsp3) is 0.208. The minimum absolute atomic E-state index is 0.292. The van der Waals surface area contributed by atoms with E-state index >= 15 is 0 Å². The molecule has 0 saturated carbocycles. The lowest BCUT2D eigenvalue weighted by Gasteiger charge is -2.11. The van der Waals surface area contributed by atoms with Crippen molar-refractivity contribution < 1.29 is 0 Å². The van der Waals surface area contributed by atoms with Crippen LogP contribution in [0.5, 0.6) is 0 Å². The van der Waals surface area contributed by atoms with E-state index in [2.05, 4.69) is 15.2 Å². The third-order valence-corrected chi connectivity index (χ3v) is 6.98. The van der Waals surface area contributed by atoms with Crippen molar-refractivity contribution in [3.63, 3.8) is 0 Å². The molecule has 0 N–H and O–H groups in total. The minimum Gasteiger partial charge on any atom is -0.328 e. The molecule has 11 heteroatoms. The molecule has 5 rings (SSSR count). The molecule has 9 nitrogen and oxygen atoms in total. The van der Waals surface area contributed by atoms with Gasteiger partial charge >= 0.3 is 5.69 Å². The molecule has 3 heterocycles. The van der Waals surface area contributed by atoms with Gasteiger partial charge in [-0.05, 0) is 30.7 Å². The molecule has 0 saturated heterocycles. The second-order valence-electron chi connectivity index (χ2n) is 8.01. The van der Waals surface area contributed by atoms with E-state index < -0.39 is 0 Å². The van der Waals surface area contributed by atoms with Crippen LogP contribution in [0, 0.1) is 0 Å². The van der Waals surface area contributed by atoms with E-state index in [1.54, 1.807) is 25.0 Å². The van der Waals surface area contributed by atoms with Gasteiger partial charge in [0.25, 0.3) is 5.56 Å². The van der Waals surface area contributed by atoms with Crippen molar-refractivity contribution in [2.24, 2.45) is 14.1 Å². The number of imidazole rings is 1. The maximum atomic E-state index is 12.9. The van der Waals surface area contributed by atoms with Crippen molar-refractivity contribution in [3.05, 3.63) is 86.8 Å². The number of thioether (sulfide) groups is 1. The lowest BCUT2D eigenvalue weighted by Crippen LogP contribution is -2.39. The van der Waals surface area contributed by atoms with E-state index in [1.807, 2.05) is 59.2 Å². The smallest absolute Gasteiger partial charge is 0.328 e. The Balaban J connectivity index is 1.40. The van der Waals surface area contributed by atoms with Crippen LogP contribution in [0.1, 0.15) is 6.42 Å². The highest BCUT2D eigenvalue weighted by molar-refractivity contribution is 7.99. The predicted molar refractivity (Wildman–Crippen MR) is 137 cm³/mol. The van der Waals surface area contributed by atoms with Gasteiger partial charge in [0.2, 0.25) is 0 Å². The molecule has 0 aliphatic rings. The Morgan fingerprint density at radius 1 is 0.971 bits per heavy atom. The van der Waals surface area contributed by atoms with Gasteiger partial charge in [-0.15, -0.1) is 10.2 Å². The van der Waals surface area contributed by atoms with Crippen molar-refractivity contribution in [1.29, 1.82) is 0 Å². The molecule has 0 aliphatic heterocycles. The van der Waals surface area contributed by atoms with Gasteiger partial charge in [-0.3, -0.25) is 18.5 Å². The highest BCUT2D eigenvalue weighted by Crippen LogP contribution is 2.28. The summed E-state index contributed by atoms with van der Waals surface area (Å²) < 4.78 is 6.31. The van der Waals surface area contributed by atoms with Crippen LogP contribution in [0.15, 0.2) is 75.7 Å². The quantitative estimate of drug-likeness (QED) is 0.247. The lowest BCUT2D eigenvalue weighted by molar-refractivity contribution is 0.594.